The summed E-state index contributed by atoms with van der Waals surface area (Å²) < 4.78 is 0. The van der Waals surface area contributed by atoms with Crippen molar-refractivity contribution in [1.82, 2.24) is 0 Å². The molecule has 0 saturated heterocycles. The predicted molar refractivity (Wildman–Crippen MR) is 77.1 cm³/mol. The second kappa shape index (κ2) is 6.68. The van der Waals surface area contributed by atoms with Crippen LogP contribution in [-0.4, -0.2) is 0 Å². The van der Waals surface area contributed by atoms with Crippen molar-refractivity contribution in [1.29, 1.82) is 0 Å². The highest BCUT2D eigenvalue weighted by atomic mass is 35.5. The van der Waals surface area contributed by atoms with Crippen LogP contribution in [0.25, 0.3) is 0 Å². The number of halogens is 2. The maximum Gasteiger partial charge on any atom is 0.0464 e. The minimum atomic E-state index is 0.840. The molecule has 0 spiro atoms. The summed E-state index contributed by atoms with van der Waals surface area (Å²) >= 11 is 11.6. The van der Waals surface area contributed by atoms with Gasteiger partial charge in [0.05, 0.1) is 0 Å². The van der Waals surface area contributed by atoms with Crippen LogP contribution in [0.1, 0.15) is 16.7 Å². The fourth-order valence-corrected chi connectivity index (χ4v) is 1.61. The second-order valence-electron chi connectivity index (χ2n) is 3.95. The Morgan fingerprint density at radius 3 is 1.47 bits per heavy atom. The summed E-state index contributed by atoms with van der Waals surface area (Å²) in [6.45, 7) is 6.01. The van der Waals surface area contributed by atoms with E-state index in [4.69, 9.17) is 23.2 Å². The lowest BCUT2D eigenvalue weighted by molar-refractivity contribution is 1.39. The second-order valence-corrected chi connectivity index (χ2v) is 4.74. The zero-order valence-electron chi connectivity index (χ0n) is 10.3. The third-order valence-corrected chi connectivity index (χ3v) is 3.48. The van der Waals surface area contributed by atoms with Gasteiger partial charge in [-0.2, -0.15) is 0 Å². The zero-order chi connectivity index (χ0) is 12.8. The van der Waals surface area contributed by atoms with E-state index in [1.165, 1.54) is 0 Å². The molecule has 0 unspecified atom stereocenters. The molecule has 0 heterocycles. The molecule has 2 aromatic carbocycles. The normalized spacial score (nSPS) is 9.47. The van der Waals surface area contributed by atoms with Crippen molar-refractivity contribution in [2.75, 3.05) is 0 Å². The molecule has 0 N–H and O–H groups in total. The van der Waals surface area contributed by atoms with Gasteiger partial charge in [0, 0.05) is 10.0 Å². The van der Waals surface area contributed by atoms with Crippen molar-refractivity contribution in [2.24, 2.45) is 0 Å². The Balaban J connectivity index is 0.000000171. The van der Waals surface area contributed by atoms with Crippen molar-refractivity contribution < 1.29 is 0 Å². The van der Waals surface area contributed by atoms with E-state index >= 15 is 0 Å². The maximum absolute atomic E-state index is 5.88. The first kappa shape index (κ1) is 14.1. The molecule has 0 nitrogen and oxygen atoms in total. The van der Waals surface area contributed by atoms with E-state index in [1.807, 2.05) is 63.2 Å². The Kier molecular flexibility index (Phi) is 5.54. The van der Waals surface area contributed by atoms with Crippen LogP contribution in [0.3, 0.4) is 0 Å². The molecular formula is C15H16Cl2. The highest BCUT2D eigenvalue weighted by Gasteiger charge is 1.94. The van der Waals surface area contributed by atoms with Gasteiger partial charge in [-0.25, -0.2) is 0 Å². The molecule has 2 heteroatoms. The fraction of sp³-hybridized carbons (Fsp3) is 0.200. The Labute approximate surface area is 113 Å². The van der Waals surface area contributed by atoms with E-state index in [-0.39, 0.29) is 0 Å². The first-order chi connectivity index (χ1) is 8.02. The first-order valence-electron chi connectivity index (χ1n) is 5.45. The molecule has 0 aromatic heterocycles. The zero-order valence-corrected chi connectivity index (χ0v) is 11.8. The minimum Gasteiger partial charge on any atom is -0.0841 e. The smallest absolute Gasteiger partial charge is 0.0464 e. The summed E-state index contributed by atoms with van der Waals surface area (Å²) in [6, 6.07) is 13.8. The summed E-state index contributed by atoms with van der Waals surface area (Å²) in [5, 5.41) is 1.73. The summed E-state index contributed by atoms with van der Waals surface area (Å²) in [4.78, 5) is 0. The summed E-state index contributed by atoms with van der Waals surface area (Å²) in [5.74, 6) is 0. The monoisotopic (exact) mass is 266 g/mol. The lowest BCUT2D eigenvalue weighted by atomic mass is 10.2. The van der Waals surface area contributed by atoms with Crippen LogP contribution in [0.5, 0.6) is 0 Å². The molecule has 0 bridgehead atoms. The standard InChI is InChI=1S/C8H9Cl.C7H7Cl/c1-6-4-3-5-7(2)8(6)9;1-6-4-2-3-5-7(6)8/h3-5H,1-2H3;2-5H,1H3. The van der Waals surface area contributed by atoms with Crippen molar-refractivity contribution >= 4 is 23.2 Å². The first-order valence-corrected chi connectivity index (χ1v) is 6.21. The van der Waals surface area contributed by atoms with Crippen LogP contribution in [0.2, 0.25) is 10.0 Å². The molecule has 2 rings (SSSR count). The minimum absolute atomic E-state index is 0.840. The van der Waals surface area contributed by atoms with Gasteiger partial charge in [0.2, 0.25) is 0 Å². The van der Waals surface area contributed by atoms with Crippen LogP contribution in [0.4, 0.5) is 0 Å². The Morgan fingerprint density at radius 1 is 0.647 bits per heavy atom. The van der Waals surface area contributed by atoms with Crippen molar-refractivity contribution in [3.05, 3.63) is 69.2 Å². The van der Waals surface area contributed by atoms with E-state index in [1.54, 1.807) is 0 Å². The fourth-order valence-electron chi connectivity index (χ4n) is 1.35. The molecule has 0 fully saturated rings. The molecule has 2 aromatic rings. The molecule has 17 heavy (non-hydrogen) atoms. The number of hydrogen-bond acceptors (Lipinski definition) is 0. The molecule has 0 saturated carbocycles. The molecule has 0 radical (unpaired) electrons. The van der Waals surface area contributed by atoms with Gasteiger partial charge < -0.3 is 0 Å². The Bertz CT molecular complexity index is 449. The van der Waals surface area contributed by atoms with Gasteiger partial charge in [-0.3, -0.25) is 0 Å². The topological polar surface area (TPSA) is 0 Å². The molecular weight excluding hydrogens is 251 g/mol. The van der Waals surface area contributed by atoms with Crippen LogP contribution >= 0.6 is 23.2 Å². The van der Waals surface area contributed by atoms with E-state index < -0.39 is 0 Å². The molecule has 0 amide bonds. The highest BCUT2D eigenvalue weighted by molar-refractivity contribution is 6.32. The van der Waals surface area contributed by atoms with Gasteiger partial charge in [-0.05, 0) is 43.5 Å². The van der Waals surface area contributed by atoms with Gasteiger partial charge in [-0.15, -0.1) is 0 Å². The molecule has 0 aliphatic carbocycles. The van der Waals surface area contributed by atoms with Crippen LogP contribution < -0.4 is 0 Å². The van der Waals surface area contributed by atoms with E-state index in [0.717, 1.165) is 26.7 Å². The van der Waals surface area contributed by atoms with Gasteiger partial charge in [-0.1, -0.05) is 59.6 Å². The van der Waals surface area contributed by atoms with Gasteiger partial charge in [0.25, 0.3) is 0 Å². The Hall–Kier alpha value is -0.980. The van der Waals surface area contributed by atoms with E-state index in [9.17, 15) is 0 Å². The van der Waals surface area contributed by atoms with Crippen molar-refractivity contribution in [3.8, 4) is 0 Å². The van der Waals surface area contributed by atoms with E-state index in [0.29, 0.717) is 0 Å². The molecule has 0 aliphatic rings. The van der Waals surface area contributed by atoms with Gasteiger partial charge in [0.15, 0.2) is 0 Å². The van der Waals surface area contributed by atoms with Gasteiger partial charge in [0.1, 0.15) is 0 Å². The summed E-state index contributed by atoms with van der Waals surface area (Å²) in [5.41, 5.74) is 3.43. The van der Waals surface area contributed by atoms with Crippen LogP contribution in [0, 0.1) is 20.8 Å². The third-order valence-electron chi connectivity index (χ3n) is 2.46. The molecule has 0 atom stereocenters. The van der Waals surface area contributed by atoms with Crippen LogP contribution in [-0.2, 0) is 0 Å². The number of rotatable bonds is 0. The largest absolute Gasteiger partial charge is 0.0841 e. The molecule has 90 valence electrons. The average Bonchev–Trinajstić information content (AvgIpc) is 2.31. The quantitative estimate of drug-likeness (QED) is 0.582. The third kappa shape index (κ3) is 4.41. The van der Waals surface area contributed by atoms with E-state index in [2.05, 4.69) is 0 Å². The van der Waals surface area contributed by atoms with Crippen molar-refractivity contribution in [3.63, 3.8) is 0 Å². The SMILES string of the molecule is Cc1cccc(C)c1Cl.Cc1ccccc1Cl. The van der Waals surface area contributed by atoms with Crippen LogP contribution in [0.15, 0.2) is 42.5 Å². The van der Waals surface area contributed by atoms with Crippen molar-refractivity contribution in [2.45, 2.75) is 20.8 Å². The lowest BCUT2D eigenvalue weighted by Gasteiger charge is -1.98. The highest BCUT2D eigenvalue weighted by Crippen LogP contribution is 2.18. The number of aryl methyl sites for hydroxylation is 3. The summed E-state index contributed by atoms with van der Waals surface area (Å²) in [7, 11) is 0. The average molecular weight is 267 g/mol. The number of hydrogen-bond donors (Lipinski definition) is 0. The maximum atomic E-state index is 5.88. The lowest BCUT2D eigenvalue weighted by Crippen LogP contribution is -1.77. The molecule has 0 aliphatic heterocycles. The number of benzene rings is 2. The summed E-state index contributed by atoms with van der Waals surface area (Å²) in [6.07, 6.45) is 0. The predicted octanol–water partition coefficient (Wildman–Crippen LogP) is 5.61. The Morgan fingerprint density at radius 2 is 1.12 bits per heavy atom. The van der Waals surface area contributed by atoms with Gasteiger partial charge >= 0.3 is 0 Å².